The van der Waals surface area contributed by atoms with Crippen LogP contribution >= 0.6 is 0 Å². The Kier molecular flexibility index (Phi) is 3.83. The standard InChI is InChI=1S/C17H20N2O4/c1-2-17(15(22)19(10-14(20)21)16(23)18-17)13-8-7-11-5-3-4-6-12(11)9-13/h7-9H,2-6,10H2,1H3,(H,18,23)(H,20,21). The molecule has 23 heavy (non-hydrogen) atoms. The van der Waals surface area contributed by atoms with E-state index in [4.69, 9.17) is 5.11 Å². The Bertz CT molecular complexity index is 685. The van der Waals surface area contributed by atoms with Gasteiger partial charge in [-0.3, -0.25) is 14.5 Å². The van der Waals surface area contributed by atoms with Gasteiger partial charge in [0.25, 0.3) is 5.91 Å². The smallest absolute Gasteiger partial charge is 0.325 e. The van der Waals surface area contributed by atoms with Crippen LogP contribution in [0.3, 0.4) is 0 Å². The molecule has 122 valence electrons. The molecule has 1 saturated heterocycles. The molecule has 6 heteroatoms. The molecule has 0 spiro atoms. The summed E-state index contributed by atoms with van der Waals surface area (Å²) in [5, 5.41) is 11.6. The molecular weight excluding hydrogens is 296 g/mol. The van der Waals surface area contributed by atoms with Crippen LogP contribution in [0.5, 0.6) is 0 Å². The average Bonchev–Trinajstić information content (AvgIpc) is 2.79. The monoisotopic (exact) mass is 316 g/mol. The van der Waals surface area contributed by atoms with Crippen molar-refractivity contribution in [3.8, 4) is 0 Å². The van der Waals surface area contributed by atoms with E-state index in [2.05, 4.69) is 5.32 Å². The number of aliphatic carboxylic acids is 1. The number of nitrogens with one attached hydrogen (secondary N) is 1. The second-order valence-electron chi connectivity index (χ2n) is 6.16. The van der Waals surface area contributed by atoms with Crippen molar-refractivity contribution in [2.45, 2.75) is 44.6 Å². The van der Waals surface area contributed by atoms with Gasteiger partial charge in [0.15, 0.2) is 0 Å². The van der Waals surface area contributed by atoms with Gasteiger partial charge in [0.05, 0.1) is 0 Å². The average molecular weight is 316 g/mol. The van der Waals surface area contributed by atoms with E-state index >= 15 is 0 Å². The summed E-state index contributed by atoms with van der Waals surface area (Å²) < 4.78 is 0. The molecule has 0 saturated carbocycles. The highest BCUT2D eigenvalue weighted by molar-refractivity contribution is 6.09. The minimum atomic E-state index is -1.20. The van der Waals surface area contributed by atoms with Crippen molar-refractivity contribution >= 4 is 17.9 Å². The van der Waals surface area contributed by atoms with E-state index in [-0.39, 0.29) is 0 Å². The number of rotatable bonds is 4. The van der Waals surface area contributed by atoms with E-state index in [0.29, 0.717) is 6.42 Å². The number of carbonyl (C=O) groups is 3. The summed E-state index contributed by atoms with van der Waals surface area (Å²) in [7, 11) is 0. The number of benzene rings is 1. The predicted molar refractivity (Wildman–Crippen MR) is 82.9 cm³/mol. The largest absolute Gasteiger partial charge is 0.480 e. The third-order valence-electron chi connectivity index (χ3n) is 4.84. The molecule has 1 aliphatic carbocycles. The van der Waals surface area contributed by atoms with E-state index in [1.54, 1.807) is 0 Å². The minimum absolute atomic E-state index is 0.381. The molecule has 1 fully saturated rings. The van der Waals surface area contributed by atoms with Gasteiger partial charge in [0.2, 0.25) is 0 Å². The van der Waals surface area contributed by atoms with Crippen molar-refractivity contribution in [3.63, 3.8) is 0 Å². The molecule has 2 aliphatic rings. The topological polar surface area (TPSA) is 86.7 Å². The number of hydrogen-bond acceptors (Lipinski definition) is 3. The van der Waals surface area contributed by atoms with Crippen molar-refractivity contribution < 1.29 is 19.5 Å². The number of carboxylic acid groups (broad SMARTS) is 1. The van der Waals surface area contributed by atoms with Crippen LogP contribution in [0.1, 0.15) is 42.9 Å². The molecule has 1 heterocycles. The fourth-order valence-electron chi connectivity index (χ4n) is 3.54. The SMILES string of the molecule is CCC1(c2ccc3c(c2)CCCC3)NC(=O)N(CC(=O)O)C1=O. The maximum Gasteiger partial charge on any atom is 0.325 e. The Morgan fingerprint density at radius 3 is 2.61 bits per heavy atom. The van der Waals surface area contributed by atoms with Crippen LogP contribution in [0.15, 0.2) is 18.2 Å². The lowest BCUT2D eigenvalue weighted by Gasteiger charge is -2.27. The Hall–Kier alpha value is -2.37. The summed E-state index contributed by atoms with van der Waals surface area (Å²) in [6.07, 6.45) is 4.70. The molecule has 1 atom stereocenters. The van der Waals surface area contributed by atoms with Gasteiger partial charge in [0, 0.05) is 0 Å². The second kappa shape index (κ2) is 5.68. The number of amides is 3. The van der Waals surface area contributed by atoms with Gasteiger partial charge in [-0.25, -0.2) is 4.79 Å². The highest BCUT2D eigenvalue weighted by Gasteiger charge is 2.51. The molecule has 1 unspecified atom stereocenters. The number of nitrogens with zero attached hydrogens (tertiary/aromatic N) is 1. The zero-order valence-corrected chi connectivity index (χ0v) is 13.1. The van der Waals surface area contributed by atoms with Crippen molar-refractivity contribution in [2.75, 3.05) is 6.54 Å². The maximum absolute atomic E-state index is 12.8. The lowest BCUT2D eigenvalue weighted by Crippen LogP contribution is -2.44. The van der Waals surface area contributed by atoms with Crippen molar-refractivity contribution in [3.05, 3.63) is 34.9 Å². The molecule has 0 aromatic heterocycles. The molecule has 1 aliphatic heterocycles. The molecule has 6 nitrogen and oxygen atoms in total. The van der Waals surface area contributed by atoms with Crippen LogP contribution in [0.4, 0.5) is 4.79 Å². The summed E-state index contributed by atoms with van der Waals surface area (Å²) in [5.41, 5.74) is 2.11. The minimum Gasteiger partial charge on any atom is -0.480 e. The number of urea groups is 1. The zero-order valence-electron chi connectivity index (χ0n) is 13.1. The molecular formula is C17H20N2O4. The summed E-state index contributed by atoms with van der Waals surface area (Å²) in [6, 6.07) is 5.27. The van der Waals surface area contributed by atoms with Crippen LogP contribution < -0.4 is 5.32 Å². The number of aryl methyl sites for hydroxylation is 2. The fraction of sp³-hybridized carbons (Fsp3) is 0.471. The quantitative estimate of drug-likeness (QED) is 0.829. The summed E-state index contributed by atoms with van der Waals surface area (Å²) in [5.74, 6) is -1.69. The van der Waals surface area contributed by atoms with Crippen molar-refractivity contribution in [2.24, 2.45) is 0 Å². The molecule has 3 rings (SSSR count). The number of carbonyl (C=O) groups excluding carboxylic acids is 2. The van der Waals surface area contributed by atoms with Crippen LogP contribution in [0.25, 0.3) is 0 Å². The maximum atomic E-state index is 12.8. The molecule has 1 aromatic rings. The number of hydrogen-bond donors (Lipinski definition) is 2. The second-order valence-corrected chi connectivity index (χ2v) is 6.16. The lowest BCUT2D eigenvalue weighted by atomic mass is 9.82. The highest BCUT2D eigenvalue weighted by Crippen LogP contribution is 2.34. The normalized spacial score (nSPS) is 23.6. The van der Waals surface area contributed by atoms with Crippen LogP contribution in [-0.2, 0) is 28.0 Å². The third kappa shape index (κ3) is 2.48. The lowest BCUT2D eigenvalue weighted by molar-refractivity contribution is -0.143. The van der Waals surface area contributed by atoms with Gasteiger partial charge >= 0.3 is 12.0 Å². The third-order valence-corrected chi connectivity index (χ3v) is 4.84. The van der Waals surface area contributed by atoms with Gasteiger partial charge in [-0.05, 0) is 48.8 Å². The number of fused-ring (bicyclic) bond motifs is 1. The van der Waals surface area contributed by atoms with Crippen LogP contribution in [0.2, 0.25) is 0 Å². The first kappa shape index (κ1) is 15.5. The highest BCUT2D eigenvalue weighted by atomic mass is 16.4. The summed E-state index contributed by atoms with van der Waals surface area (Å²) in [6.45, 7) is 1.21. The number of carboxylic acids is 1. The first-order valence-electron chi connectivity index (χ1n) is 7.96. The molecule has 0 radical (unpaired) electrons. The van der Waals surface area contributed by atoms with E-state index in [1.807, 2.05) is 25.1 Å². The van der Waals surface area contributed by atoms with Gasteiger partial charge in [-0.2, -0.15) is 0 Å². The Labute approximate surface area is 134 Å². The first-order valence-corrected chi connectivity index (χ1v) is 7.96. The Morgan fingerprint density at radius 1 is 1.26 bits per heavy atom. The van der Waals surface area contributed by atoms with Crippen molar-refractivity contribution in [1.29, 1.82) is 0 Å². The van der Waals surface area contributed by atoms with E-state index < -0.39 is 30.0 Å². The summed E-state index contributed by atoms with van der Waals surface area (Å²) in [4.78, 5) is 36.5. The molecule has 2 N–H and O–H groups in total. The van der Waals surface area contributed by atoms with Gasteiger partial charge < -0.3 is 10.4 Å². The van der Waals surface area contributed by atoms with Crippen LogP contribution in [-0.4, -0.2) is 34.5 Å². The van der Waals surface area contributed by atoms with E-state index in [0.717, 1.165) is 29.7 Å². The summed E-state index contributed by atoms with van der Waals surface area (Å²) >= 11 is 0. The Balaban J connectivity index is 2.00. The Morgan fingerprint density at radius 2 is 1.96 bits per heavy atom. The van der Waals surface area contributed by atoms with Crippen molar-refractivity contribution in [1.82, 2.24) is 10.2 Å². The molecule has 3 amide bonds. The van der Waals surface area contributed by atoms with Gasteiger partial charge in [0.1, 0.15) is 12.1 Å². The van der Waals surface area contributed by atoms with Gasteiger partial charge in [-0.15, -0.1) is 0 Å². The van der Waals surface area contributed by atoms with E-state index in [1.165, 1.54) is 17.5 Å². The van der Waals surface area contributed by atoms with Crippen LogP contribution in [0, 0.1) is 0 Å². The molecule has 0 bridgehead atoms. The zero-order chi connectivity index (χ0) is 16.6. The van der Waals surface area contributed by atoms with Gasteiger partial charge in [-0.1, -0.05) is 25.1 Å². The predicted octanol–water partition coefficient (Wildman–Crippen LogP) is 1.81. The molecule has 1 aromatic carbocycles. The number of imide groups is 1. The fourth-order valence-corrected chi connectivity index (χ4v) is 3.54. The first-order chi connectivity index (χ1) is 11.0. The van der Waals surface area contributed by atoms with E-state index in [9.17, 15) is 14.4 Å².